The van der Waals surface area contributed by atoms with Crippen LogP contribution in [0.1, 0.15) is 45.5 Å². The van der Waals surface area contributed by atoms with Crippen molar-refractivity contribution in [1.82, 2.24) is 20.3 Å². The smallest absolute Gasteiger partial charge is 0.255 e. The molecule has 7 heteroatoms. The van der Waals surface area contributed by atoms with Crippen LogP contribution in [0.4, 0.5) is 0 Å². The Kier molecular flexibility index (Phi) is 6.55. The second-order valence-electron chi connectivity index (χ2n) is 8.36. The van der Waals surface area contributed by atoms with Crippen LogP contribution in [0.3, 0.4) is 0 Å². The first-order valence-corrected chi connectivity index (χ1v) is 11.0. The largest absolute Gasteiger partial charge is 0.496 e. The van der Waals surface area contributed by atoms with E-state index in [2.05, 4.69) is 46.8 Å². The van der Waals surface area contributed by atoms with Crippen LogP contribution in [0.5, 0.6) is 5.75 Å². The summed E-state index contributed by atoms with van der Waals surface area (Å²) in [6.07, 6.45) is 4.76. The molecule has 1 fully saturated rings. The second-order valence-corrected chi connectivity index (χ2v) is 8.36. The third-order valence-electron chi connectivity index (χ3n) is 6.16. The van der Waals surface area contributed by atoms with E-state index in [1.165, 1.54) is 0 Å². The maximum absolute atomic E-state index is 13.0. The summed E-state index contributed by atoms with van der Waals surface area (Å²) in [4.78, 5) is 13.0. The van der Waals surface area contributed by atoms with Crippen molar-refractivity contribution in [2.24, 2.45) is 7.05 Å². The molecule has 1 unspecified atom stereocenters. The van der Waals surface area contributed by atoms with Gasteiger partial charge in [-0.2, -0.15) is 0 Å². The summed E-state index contributed by atoms with van der Waals surface area (Å²) in [6.45, 7) is 5.38. The van der Waals surface area contributed by atoms with Gasteiger partial charge in [-0.05, 0) is 61.4 Å². The van der Waals surface area contributed by atoms with E-state index >= 15 is 0 Å². The summed E-state index contributed by atoms with van der Waals surface area (Å²) in [5.74, 6) is 0.508. The first-order valence-electron chi connectivity index (χ1n) is 11.0. The number of benzene rings is 2. The summed E-state index contributed by atoms with van der Waals surface area (Å²) in [6, 6.07) is 10.3. The Labute approximate surface area is 188 Å². The Morgan fingerprint density at radius 2 is 2.03 bits per heavy atom. The van der Waals surface area contributed by atoms with E-state index in [-0.39, 0.29) is 12.0 Å². The minimum atomic E-state index is -0.125. The predicted molar refractivity (Wildman–Crippen MR) is 123 cm³/mol. The van der Waals surface area contributed by atoms with Gasteiger partial charge in [0.25, 0.3) is 5.91 Å². The quantitative estimate of drug-likeness (QED) is 0.615. The zero-order valence-corrected chi connectivity index (χ0v) is 19.1. The number of amides is 1. The van der Waals surface area contributed by atoms with Gasteiger partial charge in [0.05, 0.1) is 25.0 Å². The molecule has 0 spiro atoms. The number of aromatic nitrogens is 3. The molecular formula is C25H30N4O3. The fourth-order valence-corrected chi connectivity index (χ4v) is 4.18. The molecule has 0 radical (unpaired) electrons. The highest BCUT2D eigenvalue weighted by atomic mass is 16.5. The lowest BCUT2D eigenvalue weighted by Gasteiger charge is -2.18. The topological polar surface area (TPSA) is 78.3 Å². The summed E-state index contributed by atoms with van der Waals surface area (Å²) in [7, 11) is 3.47. The van der Waals surface area contributed by atoms with Gasteiger partial charge in [-0.25, -0.2) is 0 Å². The average Bonchev–Trinajstić information content (AvgIpc) is 3.47. The van der Waals surface area contributed by atoms with Crippen molar-refractivity contribution >= 4 is 5.91 Å². The summed E-state index contributed by atoms with van der Waals surface area (Å²) >= 11 is 0. The third-order valence-corrected chi connectivity index (χ3v) is 6.16. The van der Waals surface area contributed by atoms with E-state index in [4.69, 9.17) is 9.47 Å². The van der Waals surface area contributed by atoms with Crippen molar-refractivity contribution < 1.29 is 14.3 Å². The minimum Gasteiger partial charge on any atom is -0.496 e. The molecule has 3 aromatic rings. The Balaban J connectivity index is 1.55. The summed E-state index contributed by atoms with van der Waals surface area (Å²) in [5.41, 5.74) is 6.84. The monoisotopic (exact) mass is 434 g/mol. The molecule has 7 nitrogen and oxygen atoms in total. The highest BCUT2D eigenvalue weighted by Crippen LogP contribution is 2.31. The average molecular weight is 435 g/mol. The maximum atomic E-state index is 13.0. The van der Waals surface area contributed by atoms with E-state index in [9.17, 15) is 4.79 Å². The van der Waals surface area contributed by atoms with E-state index in [0.29, 0.717) is 17.9 Å². The number of carbonyl (C=O) groups is 1. The molecule has 4 rings (SSSR count). The van der Waals surface area contributed by atoms with Gasteiger partial charge in [0.15, 0.2) is 0 Å². The van der Waals surface area contributed by atoms with Gasteiger partial charge < -0.3 is 14.8 Å². The molecule has 1 saturated heterocycles. The number of ether oxygens (including phenoxy) is 2. The fraction of sp³-hybridized carbons (Fsp3) is 0.400. The zero-order valence-electron chi connectivity index (χ0n) is 19.1. The van der Waals surface area contributed by atoms with Crippen LogP contribution >= 0.6 is 0 Å². The summed E-state index contributed by atoms with van der Waals surface area (Å²) < 4.78 is 12.9. The molecule has 1 amide bonds. The summed E-state index contributed by atoms with van der Waals surface area (Å²) in [5, 5.41) is 11.2. The Hall–Kier alpha value is -3.19. The number of aryl methyl sites for hydroxylation is 1. The van der Waals surface area contributed by atoms with Crippen molar-refractivity contribution in [3.8, 4) is 17.0 Å². The lowest BCUT2D eigenvalue weighted by molar-refractivity contribution is 0.0855. The van der Waals surface area contributed by atoms with Gasteiger partial charge in [0, 0.05) is 25.8 Å². The van der Waals surface area contributed by atoms with Crippen LogP contribution in [-0.4, -0.2) is 47.3 Å². The number of hydrogen-bond donors (Lipinski definition) is 1. The number of nitrogens with zero attached hydrogens (tertiary/aromatic N) is 3. The molecule has 168 valence electrons. The van der Waals surface area contributed by atoms with Crippen molar-refractivity contribution in [3.63, 3.8) is 0 Å². The van der Waals surface area contributed by atoms with Gasteiger partial charge >= 0.3 is 0 Å². The highest BCUT2D eigenvalue weighted by molar-refractivity contribution is 5.98. The number of rotatable bonds is 7. The van der Waals surface area contributed by atoms with Gasteiger partial charge in [0.1, 0.15) is 11.4 Å². The molecule has 2 aromatic carbocycles. The first-order chi connectivity index (χ1) is 15.5. The maximum Gasteiger partial charge on any atom is 0.255 e. The van der Waals surface area contributed by atoms with Crippen molar-refractivity contribution in [3.05, 3.63) is 64.3 Å². The van der Waals surface area contributed by atoms with Crippen LogP contribution in [0, 0.1) is 13.8 Å². The van der Waals surface area contributed by atoms with Crippen LogP contribution < -0.4 is 10.1 Å². The van der Waals surface area contributed by atoms with Gasteiger partial charge in [-0.3, -0.25) is 9.48 Å². The molecule has 0 bridgehead atoms. The predicted octanol–water partition coefficient (Wildman–Crippen LogP) is 3.61. The first kappa shape index (κ1) is 22.0. The van der Waals surface area contributed by atoms with Gasteiger partial charge in [-0.15, -0.1) is 5.10 Å². The Morgan fingerprint density at radius 1 is 1.25 bits per heavy atom. The lowest BCUT2D eigenvalue weighted by Crippen LogP contribution is -2.32. The van der Waals surface area contributed by atoms with Gasteiger partial charge in [-0.1, -0.05) is 29.5 Å². The molecule has 1 aromatic heterocycles. The minimum absolute atomic E-state index is 0.101. The van der Waals surface area contributed by atoms with Crippen molar-refractivity contribution in [2.75, 3.05) is 20.3 Å². The molecule has 32 heavy (non-hydrogen) atoms. The Morgan fingerprint density at radius 3 is 2.66 bits per heavy atom. The normalized spacial score (nSPS) is 15.7. The number of methoxy groups -OCH3 is 1. The number of nitrogens with one attached hydrogen (secondary N) is 1. The molecule has 1 atom stereocenters. The van der Waals surface area contributed by atoms with Gasteiger partial charge in [0.2, 0.25) is 0 Å². The lowest BCUT2D eigenvalue weighted by atomic mass is 9.93. The number of hydrogen-bond acceptors (Lipinski definition) is 5. The standard InChI is InChI=1S/C25H30N4O3/c1-16-17(2)24(31-4)22(25(30)26-14-21-6-5-11-32-21)13-20(16)12-18-7-9-19(10-8-18)23-15-29(3)28-27-23/h7-10,13,15,21H,5-6,11-12,14H2,1-4H3,(H,26,30). The van der Waals surface area contributed by atoms with Crippen LogP contribution in [-0.2, 0) is 18.2 Å². The molecule has 1 aliphatic heterocycles. The Bertz CT molecular complexity index is 1100. The van der Waals surface area contributed by atoms with Crippen molar-refractivity contribution in [2.45, 2.75) is 39.2 Å². The molecule has 0 aliphatic carbocycles. The van der Waals surface area contributed by atoms with Crippen LogP contribution in [0.15, 0.2) is 36.5 Å². The van der Waals surface area contributed by atoms with Crippen molar-refractivity contribution in [1.29, 1.82) is 0 Å². The SMILES string of the molecule is COc1c(C(=O)NCC2CCCO2)cc(Cc2ccc(-c3cn(C)nn3)cc2)c(C)c1C. The molecule has 1 N–H and O–H groups in total. The fourth-order valence-electron chi connectivity index (χ4n) is 4.18. The molecule has 1 aliphatic rings. The molecule has 0 saturated carbocycles. The zero-order chi connectivity index (χ0) is 22.7. The highest BCUT2D eigenvalue weighted by Gasteiger charge is 2.21. The van der Waals surface area contributed by atoms with E-state index < -0.39 is 0 Å². The molecular weight excluding hydrogens is 404 g/mol. The third kappa shape index (κ3) is 4.67. The van der Waals surface area contributed by atoms with Crippen LogP contribution in [0.25, 0.3) is 11.3 Å². The number of carbonyl (C=O) groups excluding carboxylic acids is 1. The van der Waals surface area contributed by atoms with E-state index in [1.54, 1.807) is 11.8 Å². The van der Waals surface area contributed by atoms with Crippen LogP contribution in [0.2, 0.25) is 0 Å². The van der Waals surface area contributed by atoms with E-state index in [1.807, 2.05) is 26.2 Å². The molecule has 2 heterocycles. The van der Waals surface area contributed by atoms with E-state index in [0.717, 1.165) is 59.4 Å². The second kappa shape index (κ2) is 9.53.